The normalized spacial score (nSPS) is 19.6. The molecule has 72 heavy (non-hydrogen) atoms. The van der Waals surface area contributed by atoms with E-state index in [0.29, 0.717) is 19.3 Å². The maximum atomic E-state index is 13.4. The van der Waals surface area contributed by atoms with Gasteiger partial charge in [0.15, 0.2) is 12.4 Å². The summed E-state index contributed by atoms with van der Waals surface area (Å²) in [7, 11) is 0. The third kappa shape index (κ3) is 37.8. The van der Waals surface area contributed by atoms with Gasteiger partial charge in [-0.25, -0.2) is 0 Å². The molecule has 8 atom stereocenters. The van der Waals surface area contributed by atoms with Crippen molar-refractivity contribution in [2.75, 3.05) is 13.2 Å². The number of amides is 1. The van der Waals surface area contributed by atoms with Gasteiger partial charge in [0.2, 0.25) is 5.91 Å². The number of esters is 1. The first kappa shape index (κ1) is 68.2. The van der Waals surface area contributed by atoms with Crippen molar-refractivity contribution in [2.24, 2.45) is 0 Å². The first-order chi connectivity index (χ1) is 35.2. The molecule has 1 aliphatic heterocycles. The van der Waals surface area contributed by atoms with Crippen LogP contribution in [0.15, 0.2) is 24.3 Å². The van der Waals surface area contributed by atoms with E-state index in [9.17, 15) is 35.1 Å². The highest BCUT2D eigenvalue weighted by Gasteiger charge is 2.47. The third-order valence-electron chi connectivity index (χ3n) is 14.6. The molecule has 11 nitrogen and oxygen atoms in total. The number of carbonyl (C=O) groups excluding carboxylic acids is 2. The number of hydrogen-bond donors (Lipinski definition) is 6. The lowest BCUT2D eigenvalue weighted by Gasteiger charge is -2.41. The maximum absolute atomic E-state index is 13.4. The molecule has 0 aromatic rings. The molecule has 1 saturated heterocycles. The Morgan fingerprint density at radius 1 is 0.528 bits per heavy atom. The van der Waals surface area contributed by atoms with Gasteiger partial charge in [-0.3, -0.25) is 9.59 Å². The minimum absolute atomic E-state index is 0.128. The fourth-order valence-electron chi connectivity index (χ4n) is 9.71. The van der Waals surface area contributed by atoms with Gasteiger partial charge < -0.3 is 45.1 Å². The van der Waals surface area contributed by atoms with Crippen molar-refractivity contribution < 1.29 is 49.3 Å². The highest BCUT2D eigenvalue weighted by molar-refractivity contribution is 5.80. The molecule has 0 bridgehead atoms. The molecule has 1 aliphatic rings. The van der Waals surface area contributed by atoms with Crippen LogP contribution in [-0.4, -0.2) is 99.6 Å². The lowest BCUT2D eigenvalue weighted by Crippen LogP contribution is -2.61. The van der Waals surface area contributed by atoms with E-state index in [1.807, 2.05) is 6.08 Å². The molecule has 6 N–H and O–H groups in total. The summed E-state index contributed by atoms with van der Waals surface area (Å²) in [5.41, 5.74) is 0. The molecule has 424 valence electrons. The van der Waals surface area contributed by atoms with Crippen molar-refractivity contribution in [3.05, 3.63) is 24.3 Å². The number of nitrogens with one attached hydrogen (secondary N) is 1. The second-order valence-corrected chi connectivity index (χ2v) is 21.4. The fraction of sp³-hybridized carbons (Fsp3) is 0.902. The van der Waals surface area contributed by atoms with E-state index in [-0.39, 0.29) is 13.0 Å². The van der Waals surface area contributed by atoms with Gasteiger partial charge in [0.25, 0.3) is 0 Å². The summed E-state index contributed by atoms with van der Waals surface area (Å²) in [6.07, 6.45) is 46.5. The van der Waals surface area contributed by atoms with Crippen LogP contribution in [0.2, 0.25) is 0 Å². The minimum atomic E-state index is -1.61. The molecule has 0 aromatic heterocycles. The fourth-order valence-corrected chi connectivity index (χ4v) is 9.71. The molecule has 1 heterocycles. The second kappa shape index (κ2) is 50.0. The summed E-state index contributed by atoms with van der Waals surface area (Å²) in [5, 5.41) is 56.9. The van der Waals surface area contributed by atoms with Crippen LogP contribution in [0.5, 0.6) is 0 Å². The van der Waals surface area contributed by atoms with Crippen LogP contribution in [0.1, 0.15) is 290 Å². The Bertz CT molecular complexity index is 1270. The zero-order chi connectivity index (χ0) is 52.5. The Hall–Kier alpha value is -1.86. The molecule has 0 radical (unpaired) electrons. The summed E-state index contributed by atoms with van der Waals surface area (Å²) >= 11 is 0. The Balaban J connectivity index is 2.66. The van der Waals surface area contributed by atoms with Gasteiger partial charge in [0.05, 0.1) is 25.4 Å². The molecule has 0 saturated carbocycles. The van der Waals surface area contributed by atoms with Gasteiger partial charge >= 0.3 is 5.97 Å². The van der Waals surface area contributed by atoms with E-state index in [4.69, 9.17) is 14.2 Å². The van der Waals surface area contributed by atoms with Gasteiger partial charge in [-0.1, -0.05) is 257 Å². The molecular weight excluding hydrogens is 907 g/mol. The van der Waals surface area contributed by atoms with Gasteiger partial charge in [0.1, 0.15) is 24.4 Å². The zero-order valence-corrected chi connectivity index (χ0v) is 46.8. The zero-order valence-electron chi connectivity index (χ0n) is 46.8. The predicted octanol–water partition coefficient (Wildman–Crippen LogP) is 14.1. The van der Waals surface area contributed by atoms with Gasteiger partial charge in [-0.05, 0) is 51.4 Å². The first-order valence-corrected chi connectivity index (χ1v) is 30.6. The number of unbranched alkanes of at least 4 members (excludes halogenated alkanes) is 36. The van der Waals surface area contributed by atoms with Crippen LogP contribution in [-0.2, 0) is 23.8 Å². The molecule has 0 aliphatic carbocycles. The highest BCUT2D eigenvalue weighted by Crippen LogP contribution is 2.26. The molecule has 0 spiro atoms. The van der Waals surface area contributed by atoms with Crippen LogP contribution in [0, 0.1) is 0 Å². The number of allylic oxidation sites excluding steroid dienone is 3. The molecule has 0 aromatic carbocycles. The van der Waals surface area contributed by atoms with Crippen molar-refractivity contribution in [3.8, 4) is 0 Å². The molecular formula is C61H115NO10. The number of ether oxygens (including phenoxy) is 3. The van der Waals surface area contributed by atoms with Crippen LogP contribution in [0.4, 0.5) is 0 Å². The molecule has 1 fully saturated rings. The van der Waals surface area contributed by atoms with Gasteiger partial charge in [-0.15, -0.1) is 0 Å². The monoisotopic (exact) mass is 1020 g/mol. The van der Waals surface area contributed by atoms with Crippen molar-refractivity contribution in [2.45, 2.75) is 339 Å². The van der Waals surface area contributed by atoms with E-state index >= 15 is 0 Å². The summed E-state index contributed by atoms with van der Waals surface area (Å²) in [6, 6.07) is -1.02. The Kier molecular flexibility index (Phi) is 47.3. The third-order valence-corrected chi connectivity index (χ3v) is 14.6. The van der Waals surface area contributed by atoms with Gasteiger partial charge in [-0.2, -0.15) is 0 Å². The average Bonchev–Trinajstić information content (AvgIpc) is 3.38. The van der Waals surface area contributed by atoms with Crippen LogP contribution < -0.4 is 5.32 Å². The van der Waals surface area contributed by atoms with Crippen molar-refractivity contribution in [1.82, 2.24) is 5.32 Å². The maximum Gasteiger partial charge on any atom is 0.306 e. The summed E-state index contributed by atoms with van der Waals surface area (Å²) in [4.78, 5) is 26.5. The second-order valence-electron chi connectivity index (χ2n) is 21.4. The molecule has 1 amide bonds. The average molecular weight is 1020 g/mol. The number of aliphatic hydroxyl groups excluding tert-OH is 5. The summed E-state index contributed by atoms with van der Waals surface area (Å²) in [5.74, 6) is -1.19. The van der Waals surface area contributed by atoms with Crippen LogP contribution >= 0.6 is 0 Å². The van der Waals surface area contributed by atoms with Crippen molar-refractivity contribution in [1.29, 1.82) is 0 Å². The topological polar surface area (TPSA) is 175 Å². The largest absolute Gasteiger partial charge is 0.454 e. The highest BCUT2D eigenvalue weighted by atomic mass is 16.7. The number of carbonyl (C=O) groups is 2. The van der Waals surface area contributed by atoms with Crippen LogP contribution in [0.3, 0.4) is 0 Å². The Labute approximate surface area is 441 Å². The van der Waals surface area contributed by atoms with Gasteiger partial charge in [0, 0.05) is 6.42 Å². The van der Waals surface area contributed by atoms with E-state index in [1.54, 1.807) is 6.08 Å². The Morgan fingerprint density at radius 3 is 1.35 bits per heavy atom. The molecule has 8 unspecified atom stereocenters. The number of hydrogen-bond acceptors (Lipinski definition) is 10. The molecule has 1 rings (SSSR count). The summed E-state index contributed by atoms with van der Waals surface area (Å²) in [6.45, 7) is 5.79. The van der Waals surface area contributed by atoms with Crippen molar-refractivity contribution >= 4 is 11.9 Å². The first-order valence-electron chi connectivity index (χ1n) is 30.6. The standard InChI is InChI=1S/C61H115NO10/c1-4-7-10-13-16-19-22-24-25-26-27-28-29-30-31-34-36-39-42-45-48-54(65)60(69)62-52(53(64)47-44-41-38-35-33-23-20-17-14-11-8-5-2)51-70-61-59(58(68)57(67)55(50-63)71-61)72-56(66)49-46-43-40-37-32-21-18-15-12-9-6-3/h24-25,44,47,52-55,57-59,61,63-65,67-68H,4-23,26-43,45-46,48-51H2,1-3H3,(H,62,69)/b25-24+,47-44+. The Morgan fingerprint density at radius 2 is 0.917 bits per heavy atom. The lowest BCUT2D eigenvalue weighted by molar-refractivity contribution is -0.305. The summed E-state index contributed by atoms with van der Waals surface area (Å²) < 4.78 is 17.6. The minimum Gasteiger partial charge on any atom is -0.454 e. The number of rotatable bonds is 52. The van der Waals surface area contributed by atoms with Crippen molar-refractivity contribution in [3.63, 3.8) is 0 Å². The van der Waals surface area contributed by atoms with E-state index in [1.165, 1.54) is 186 Å². The van der Waals surface area contributed by atoms with Crippen LogP contribution in [0.25, 0.3) is 0 Å². The molecule has 11 heteroatoms. The van der Waals surface area contributed by atoms with E-state index in [0.717, 1.165) is 57.8 Å². The smallest absolute Gasteiger partial charge is 0.306 e. The van der Waals surface area contributed by atoms with E-state index < -0.39 is 67.4 Å². The van der Waals surface area contributed by atoms with E-state index in [2.05, 4.69) is 38.2 Å². The quantitative estimate of drug-likeness (QED) is 0.0195. The predicted molar refractivity (Wildman–Crippen MR) is 297 cm³/mol. The lowest BCUT2D eigenvalue weighted by atomic mass is 9.99. The SMILES string of the molecule is CCCCCCCC/C=C/CCCCCCCCCCCCC(O)C(=O)NC(COC1OC(CO)C(O)C(O)C1OC(=O)CCCCCCCCCCCCC)C(O)/C=C/CCCCCCCCCCCC. The number of aliphatic hydroxyl groups is 5.